The van der Waals surface area contributed by atoms with Gasteiger partial charge in [-0.2, -0.15) is 4.80 Å². The Morgan fingerprint density at radius 2 is 2.17 bits per heavy atom. The van der Waals surface area contributed by atoms with Crippen LogP contribution in [0.1, 0.15) is 18.7 Å². The van der Waals surface area contributed by atoms with Crippen LogP contribution in [0, 0.1) is 5.92 Å². The Labute approximate surface area is 135 Å². The van der Waals surface area contributed by atoms with Gasteiger partial charge in [-0.15, -0.1) is 10.2 Å². The first-order chi connectivity index (χ1) is 11.2. The lowest BCUT2D eigenvalue weighted by Crippen LogP contribution is -2.48. The molecule has 2 saturated heterocycles. The average Bonchev–Trinajstić information content (AvgIpc) is 2.99. The number of morpholine rings is 1. The van der Waals surface area contributed by atoms with Gasteiger partial charge in [-0.3, -0.25) is 4.90 Å². The summed E-state index contributed by atoms with van der Waals surface area (Å²) in [6.45, 7) is 6.65. The van der Waals surface area contributed by atoms with Crippen LogP contribution in [0.3, 0.4) is 0 Å². The first-order valence-electron chi connectivity index (χ1n) is 8.26. The Bertz CT molecular complexity index is 515. The van der Waals surface area contributed by atoms with Crippen molar-refractivity contribution in [2.75, 3.05) is 45.9 Å². The summed E-state index contributed by atoms with van der Waals surface area (Å²) in [6.07, 6.45) is 2.25. The molecule has 1 aromatic heterocycles. The van der Waals surface area contributed by atoms with Crippen LogP contribution in [0.25, 0.3) is 0 Å². The fourth-order valence-corrected chi connectivity index (χ4v) is 3.21. The predicted molar refractivity (Wildman–Crippen MR) is 82.6 cm³/mol. The van der Waals surface area contributed by atoms with Crippen molar-refractivity contribution < 1.29 is 9.53 Å². The molecule has 0 aromatic carbocycles. The van der Waals surface area contributed by atoms with Crippen LogP contribution in [0.4, 0.5) is 4.79 Å². The quantitative estimate of drug-likeness (QED) is 0.801. The number of aryl methyl sites for hydroxylation is 1. The van der Waals surface area contributed by atoms with Gasteiger partial charge in [0.1, 0.15) is 0 Å². The molecular formula is C14H25N7O2. The number of carbonyl (C=O) groups is 1. The third-order valence-corrected chi connectivity index (χ3v) is 4.37. The van der Waals surface area contributed by atoms with E-state index in [1.54, 1.807) is 7.05 Å². The fraction of sp³-hybridized carbons (Fsp3) is 0.857. The number of nitrogens with one attached hydrogen (secondary N) is 1. The van der Waals surface area contributed by atoms with Gasteiger partial charge in [0, 0.05) is 32.7 Å². The summed E-state index contributed by atoms with van der Waals surface area (Å²) in [5, 5.41) is 14.6. The molecule has 0 saturated carbocycles. The molecule has 2 fully saturated rings. The summed E-state index contributed by atoms with van der Waals surface area (Å²) in [6, 6.07) is -0.0378. The summed E-state index contributed by atoms with van der Waals surface area (Å²) in [7, 11) is 1.71. The molecule has 9 nitrogen and oxygen atoms in total. The first-order valence-corrected chi connectivity index (χ1v) is 8.26. The largest absolute Gasteiger partial charge is 0.379 e. The van der Waals surface area contributed by atoms with Crippen molar-refractivity contribution in [1.82, 2.24) is 35.3 Å². The van der Waals surface area contributed by atoms with Crippen molar-refractivity contribution >= 4 is 6.03 Å². The second-order valence-corrected chi connectivity index (χ2v) is 6.22. The highest BCUT2D eigenvalue weighted by Crippen LogP contribution is 2.18. The first kappa shape index (κ1) is 16.1. The topological polar surface area (TPSA) is 88.4 Å². The molecule has 0 aliphatic carbocycles. The molecule has 0 spiro atoms. The lowest BCUT2D eigenvalue weighted by atomic mass is 9.97. The van der Waals surface area contributed by atoms with Crippen LogP contribution < -0.4 is 5.32 Å². The van der Waals surface area contributed by atoms with Crippen LogP contribution >= 0.6 is 0 Å². The van der Waals surface area contributed by atoms with Gasteiger partial charge in [-0.1, -0.05) is 0 Å². The molecule has 9 heteroatoms. The van der Waals surface area contributed by atoms with E-state index in [-0.39, 0.29) is 6.03 Å². The van der Waals surface area contributed by atoms with Crippen LogP contribution in [-0.2, 0) is 18.3 Å². The predicted octanol–water partition coefficient (Wildman–Crippen LogP) is -0.536. The standard InChI is InChI=1S/C14H25N7O2/c1-19-17-13(16-18-19)9-15-14(22)21-4-2-3-12(11-21)10-20-5-7-23-8-6-20/h12H,2-11H2,1H3,(H,15,22)/t12-/m0/s1. The van der Waals surface area contributed by atoms with Crippen LogP contribution in [0.15, 0.2) is 0 Å². The molecule has 0 unspecified atom stereocenters. The molecule has 3 rings (SSSR count). The van der Waals surface area contributed by atoms with E-state index in [9.17, 15) is 4.79 Å². The zero-order valence-electron chi connectivity index (χ0n) is 13.6. The minimum Gasteiger partial charge on any atom is -0.379 e. The van der Waals surface area contributed by atoms with E-state index in [1.165, 1.54) is 11.2 Å². The van der Waals surface area contributed by atoms with Crippen LogP contribution in [0.5, 0.6) is 0 Å². The zero-order valence-corrected chi connectivity index (χ0v) is 13.6. The van der Waals surface area contributed by atoms with E-state index in [1.807, 2.05) is 4.90 Å². The molecule has 1 aromatic rings. The number of urea groups is 1. The maximum atomic E-state index is 12.3. The maximum absolute atomic E-state index is 12.3. The number of rotatable bonds is 4. The van der Waals surface area contributed by atoms with Crippen molar-refractivity contribution in [2.24, 2.45) is 13.0 Å². The zero-order chi connectivity index (χ0) is 16.1. The molecule has 2 aliphatic heterocycles. The molecule has 128 valence electrons. The highest BCUT2D eigenvalue weighted by Gasteiger charge is 2.25. The molecule has 0 bridgehead atoms. The van der Waals surface area contributed by atoms with Gasteiger partial charge in [0.05, 0.1) is 26.8 Å². The molecule has 2 amide bonds. The SMILES string of the molecule is Cn1nnc(CNC(=O)N2CCC[C@@H](CN3CCOCC3)C2)n1. The number of tetrazole rings is 1. The Morgan fingerprint density at radius 3 is 2.91 bits per heavy atom. The summed E-state index contributed by atoms with van der Waals surface area (Å²) in [5.41, 5.74) is 0. The van der Waals surface area contributed by atoms with Gasteiger partial charge < -0.3 is 15.0 Å². The van der Waals surface area contributed by atoms with E-state index in [2.05, 4.69) is 25.6 Å². The Kier molecular flexibility index (Phi) is 5.39. The maximum Gasteiger partial charge on any atom is 0.317 e. The van der Waals surface area contributed by atoms with Gasteiger partial charge in [-0.25, -0.2) is 4.79 Å². The smallest absolute Gasteiger partial charge is 0.317 e. The molecule has 0 radical (unpaired) electrons. The summed E-state index contributed by atoms with van der Waals surface area (Å²) in [5.74, 6) is 1.07. The number of carbonyl (C=O) groups excluding carboxylic acids is 1. The van der Waals surface area contributed by atoms with Crippen LogP contribution in [0.2, 0.25) is 0 Å². The Hall–Kier alpha value is -1.74. The number of nitrogens with zero attached hydrogens (tertiary/aromatic N) is 6. The normalized spacial score (nSPS) is 23.0. The van der Waals surface area contributed by atoms with Gasteiger partial charge in [0.25, 0.3) is 0 Å². The number of amides is 2. The summed E-state index contributed by atoms with van der Waals surface area (Å²) >= 11 is 0. The monoisotopic (exact) mass is 323 g/mol. The Balaban J connectivity index is 1.44. The van der Waals surface area contributed by atoms with E-state index < -0.39 is 0 Å². The van der Waals surface area contributed by atoms with E-state index in [0.717, 1.165) is 52.4 Å². The summed E-state index contributed by atoms with van der Waals surface area (Å²) in [4.78, 5) is 18.1. The second-order valence-electron chi connectivity index (χ2n) is 6.22. The molecule has 1 atom stereocenters. The molecule has 1 N–H and O–H groups in total. The lowest BCUT2D eigenvalue weighted by Gasteiger charge is -2.36. The number of likely N-dealkylation sites (tertiary alicyclic amines) is 1. The second kappa shape index (κ2) is 7.69. The number of hydrogen-bond acceptors (Lipinski definition) is 6. The fourth-order valence-electron chi connectivity index (χ4n) is 3.21. The lowest BCUT2D eigenvalue weighted by molar-refractivity contribution is 0.0249. The van der Waals surface area contributed by atoms with Gasteiger partial charge in [0.15, 0.2) is 5.82 Å². The number of hydrogen-bond donors (Lipinski definition) is 1. The van der Waals surface area contributed by atoms with Crippen molar-refractivity contribution in [3.8, 4) is 0 Å². The van der Waals surface area contributed by atoms with Crippen molar-refractivity contribution in [2.45, 2.75) is 19.4 Å². The van der Waals surface area contributed by atoms with Crippen LogP contribution in [-0.4, -0.2) is 82.0 Å². The third kappa shape index (κ3) is 4.61. The van der Waals surface area contributed by atoms with Gasteiger partial charge >= 0.3 is 6.03 Å². The molecule has 2 aliphatic rings. The molecular weight excluding hydrogens is 298 g/mol. The van der Waals surface area contributed by atoms with Gasteiger partial charge in [0.2, 0.25) is 0 Å². The van der Waals surface area contributed by atoms with Gasteiger partial charge in [-0.05, 0) is 24.0 Å². The molecule has 3 heterocycles. The minimum absolute atomic E-state index is 0.0378. The van der Waals surface area contributed by atoms with Crippen molar-refractivity contribution in [3.63, 3.8) is 0 Å². The van der Waals surface area contributed by atoms with E-state index >= 15 is 0 Å². The van der Waals surface area contributed by atoms with Crippen molar-refractivity contribution in [3.05, 3.63) is 5.82 Å². The Morgan fingerprint density at radius 1 is 1.35 bits per heavy atom. The number of piperidine rings is 1. The number of aromatic nitrogens is 4. The minimum atomic E-state index is -0.0378. The van der Waals surface area contributed by atoms with E-state index in [0.29, 0.717) is 18.3 Å². The number of ether oxygens (including phenoxy) is 1. The van der Waals surface area contributed by atoms with E-state index in [4.69, 9.17) is 4.74 Å². The average molecular weight is 323 g/mol. The highest BCUT2D eigenvalue weighted by atomic mass is 16.5. The highest BCUT2D eigenvalue weighted by molar-refractivity contribution is 5.74. The van der Waals surface area contributed by atoms with Crippen molar-refractivity contribution in [1.29, 1.82) is 0 Å². The third-order valence-electron chi connectivity index (χ3n) is 4.37. The molecule has 23 heavy (non-hydrogen) atoms. The summed E-state index contributed by atoms with van der Waals surface area (Å²) < 4.78 is 5.39.